The molecular formula is C14H15Cl2N3. The smallest absolute Gasteiger partial charge is 0.128 e. The maximum Gasteiger partial charge on any atom is 0.128 e. The van der Waals surface area contributed by atoms with Gasteiger partial charge in [0.2, 0.25) is 0 Å². The van der Waals surface area contributed by atoms with Gasteiger partial charge in [-0.25, -0.2) is 4.98 Å². The van der Waals surface area contributed by atoms with Crippen molar-refractivity contribution in [3.8, 4) is 0 Å². The van der Waals surface area contributed by atoms with Crippen molar-refractivity contribution in [1.29, 1.82) is 0 Å². The van der Waals surface area contributed by atoms with Gasteiger partial charge < -0.3 is 11.5 Å². The van der Waals surface area contributed by atoms with Crippen molar-refractivity contribution in [3.63, 3.8) is 0 Å². The van der Waals surface area contributed by atoms with E-state index in [1.165, 1.54) is 0 Å². The summed E-state index contributed by atoms with van der Waals surface area (Å²) >= 11 is 12.3. The third kappa shape index (κ3) is 3.18. The Kier molecular flexibility index (Phi) is 4.30. The predicted molar refractivity (Wildman–Crippen MR) is 80.5 cm³/mol. The van der Waals surface area contributed by atoms with E-state index >= 15 is 0 Å². The summed E-state index contributed by atoms with van der Waals surface area (Å²) in [5.74, 6) is 0.446. The summed E-state index contributed by atoms with van der Waals surface area (Å²) in [5.41, 5.74) is 14.7. The van der Waals surface area contributed by atoms with E-state index in [2.05, 4.69) is 4.98 Å². The number of rotatable bonds is 3. The van der Waals surface area contributed by atoms with Crippen LogP contribution in [0.1, 0.15) is 22.7 Å². The summed E-state index contributed by atoms with van der Waals surface area (Å²) in [6.07, 6.45) is 2.24. The lowest BCUT2D eigenvalue weighted by molar-refractivity contribution is 0.720. The van der Waals surface area contributed by atoms with Crippen LogP contribution < -0.4 is 11.5 Å². The molecular weight excluding hydrogens is 281 g/mol. The van der Waals surface area contributed by atoms with E-state index in [4.69, 9.17) is 34.7 Å². The topological polar surface area (TPSA) is 64.9 Å². The molecule has 0 saturated heterocycles. The van der Waals surface area contributed by atoms with E-state index < -0.39 is 0 Å². The Hall–Kier alpha value is -1.29. The fraction of sp³-hybridized carbons (Fsp3) is 0.214. The minimum atomic E-state index is -0.287. The molecule has 5 heteroatoms. The molecule has 0 aliphatic carbocycles. The molecule has 1 atom stereocenters. The number of benzene rings is 1. The molecule has 1 unspecified atom stereocenters. The first-order valence-electron chi connectivity index (χ1n) is 5.89. The fourth-order valence-electron chi connectivity index (χ4n) is 1.96. The van der Waals surface area contributed by atoms with Crippen molar-refractivity contribution < 1.29 is 0 Å². The Morgan fingerprint density at radius 1 is 1.26 bits per heavy atom. The number of anilines is 1. The molecule has 0 spiro atoms. The third-order valence-corrected chi connectivity index (χ3v) is 3.68. The van der Waals surface area contributed by atoms with Gasteiger partial charge in [0.25, 0.3) is 0 Å². The van der Waals surface area contributed by atoms with Gasteiger partial charge in [0.1, 0.15) is 5.82 Å². The summed E-state index contributed by atoms with van der Waals surface area (Å²) in [7, 11) is 0. The largest absolute Gasteiger partial charge is 0.383 e. The van der Waals surface area contributed by atoms with Crippen LogP contribution in [0.5, 0.6) is 0 Å². The number of nitrogens with two attached hydrogens (primary N) is 2. The van der Waals surface area contributed by atoms with Gasteiger partial charge in [-0.3, -0.25) is 0 Å². The van der Waals surface area contributed by atoms with Gasteiger partial charge in [-0.15, -0.1) is 0 Å². The van der Waals surface area contributed by atoms with Gasteiger partial charge in [-0.05, 0) is 42.7 Å². The molecule has 19 heavy (non-hydrogen) atoms. The van der Waals surface area contributed by atoms with Crippen molar-refractivity contribution >= 4 is 29.0 Å². The molecule has 0 fully saturated rings. The normalized spacial score (nSPS) is 12.4. The molecule has 0 aliphatic rings. The van der Waals surface area contributed by atoms with Gasteiger partial charge in [0, 0.05) is 27.8 Å². The van der Waals surface area contributed by atoms with E-state index in [1.54, 1.807) is 18.3 Å². The molecule has 3 nitrogen and oxygen atoms in total. The number of nitrogens with zero attached hydrogens (tertiary/aromatic N) is 1. The van der Waals surface area contributed by atoms with Crippen LogP contribution in [0.25, 0.3) is 0 Å². The van der Waals surface area contributed by atoms with Gasteiger partial charge in [-0.2, -0.15) is 0 Å². The zero-order valence-electron chi connectivity index (χ0n) is 10.5. The second-order valence-electron chi connectivity index (χ2n) is 4.50. The van der Waals surface area contributed by atoms with E-state index in [0.29, 0.717) is 22.3 Å². The Morgan fingerprint density at radius 2 is 1.89 bits per heavy atom. The number of hydrogen-bond acceptors (Lipinski definition) is 3. The zero-order chi connectivity index (χ0) is 14.0. The number of nitrogen functional groups attached to an aromatic ring is 1. The monoisotopic (exact) mass is 295 g/mol. The Labute approximate surface area is 122 Å². The first-order chi connectivity index (χ1) is 8.99. The summed E-state index contributed by atoms with van der Waals surface area (Å²) in [6.45, 7) is 1.95. The minimum Gasteiger partial charge on any atom is -0.383 e. The van der Waals surface area contributed by atoms with E-state index in [-0.39, 0.29) is 6.04 Å². The van der Waals surface area contributed by atoms with Crippen LogP contribution in [0.3, 0.4) is 0 Å². The maximum absolute atomic E-state index is 6.20. The van der Waals surface area contributed by atoms with Crippen molar-refractivity contribution in [2.45, 2.75) is 19.4 Å². The Balaban J connectivity index is 2.31. The highest BCUT2D eigenvalue weighted by Crippen LogP contribution is 2.29. The minimum absolute atomic E-state index is 0.287. The lowest BCUT2D eigenvalue weighted by Crippen LogP contribution is -2.16. The molecule has 100 valence electrons. The number of halogens is 2. The Bertz CT molecular complexity index is 579. The van der Waals surface area contributed by atoms with Crippen LogP contribution in [0.4, 0.5) is 5.82 Å². The van der Waals surface area contributed by atoms with Crippen molar-refractivity contribution in [2.75, 3.05) is 5.73 Å². The van der Waals surface area contributed by atoms with Crippen LogP contribution in [0.2, 0.25) is 10.0 Å². The number of aryl methyl sites for hydroxylation is 1. The van der Waals surface area contributed by atoms with E-state index in [0.717, 1.165) is 16.7 Å². The Morgan fingerprint density at radius 3 is 2.53 bits per heavy atom. The van der Waals surface area contributed by atoms with Crippen LogP contribution in [0.15, 0.2) is 30.5 Å². The van der Waals surface area contributed by atoms with Crippen molar-refractivity contribution in [3.05, 3.63) is 57.2 Å². The van der Waals surface area contributed by atoms with Crippen LogP contribution in [-0.4, -0.2) is 4.98 Å². The SMILES string of the molecule is Cc1cnc(N)c(C(N)Cc2c(Cl)cccc2Cl)c1. The molecule has 1 aromatic heterocycles. The van der Waals surface area contributed by atoms with E-state index in [1.807, 2.05) is 19.1 Å². The highest BCUT2D eigenvalue weighted by Gasteiger charge is 2.15. The molecule has 1 aromatic carbocycles. The summed E-state index contributed by atoms with van der Waals surface area (Å²) in [5, 5.41) is 1.23. The highest BCUT2D eigenvalue weighted by atomic mass is 35.5. The van der Waals surface area contributed by atoms with Gasteiger partial charge >= 0.3 is 0 Å². The fourth-order valence-corrected chi connectivity index (χ4v) is 2.51. The van der Waals surface area contributed by atoms with Crippen LogP contribution in [0, 0.1) is 6.92 Å². The second-order valence-corrected chi connectivity index (χ2v) is 5.31. The third-order valence-electron chi connectivity index (χ3n) is 2.97. The summed E-state index contributed by atoms with van der Waals surface area (Å²) < 4.78 is 0. The summed E-state index contributed by atoms with van der Waals surface area (Å²) in [6, 6.07) is 7.06. The number of aromatic nitrogens is 1. The van der Waals surface area contributed by atoms with E-state index in [9.17, 15) is 0 Å². The van der Waals surface area contributed by atoms with Crippen LogP contribution in [-0.2, 0) is 6.42 Å². The second kappa shape index (κ2) is 5.78. The lowest BCUT2D eigenvalue weighted by atomic mass is 9.99. The standard InChI is InChI=1S/C14H15Cl2N3/c1-8-5-10(14(18)19-7-8)13(17)6-9-11(15)3-2-4-12(9)16/h2-5,7,13H,6,17H2,1H3,(H2,18,19). The first kappa shape index (κ1) is 14.1. The molecule has 0 radical (unpaired) electrons. The first-order valence-corrected chi connectivity index (χ1v) is 6.65. The number of hydrogen-bond donors (Lipinski definition) is 2. The van der Waals surface area contributed by atoms with Gasteiger partial charge in [0.05, 0.1) is 0 Å². The molecule has 0 saturated carbocycles. The molecule has 0 bridgehead atoms. The zero-order valence-corrected chi connectivity index (χ0v) is 12.0. The molecule has 2 aromatic rings. The molecule has 0 aliphatic heterocycles. The molecule has 1 heterocycles. The molecule has 4 N–H and O–H groups in total. The van der Waals surface area contributed by atoms with Crippen LogP contribution >= 0.6 is 23.2 Å². The quantitative estimate of drug-likeness (QED) is 0.910. The predicted octanol–water partition coefficient (Wildman–Crippen LogP) is 3.52. The summed E-state index contributed by atoms with van der Waals surface area (Å²) in [4.78, 5) is 4.12. The number of pyridine rings is 1. The molecule has 0 amide bonds. The highest BCUT2D eigenvalue weighted by molar-refractivity contribution is 6.36. The average Bonchev–Trinajstić information content (AvgIpc) is 2.37. The van der Waals surface area contributed by atoms with Crippen molar-refractivity contribution in [2.24, 2.45) is 5.73 Å². The average molecular weight is 296 g/mol. The van der Waals surface area contributed by atoms with Gasteiger partial charge in [-0.1, -0.05) is 29.3 Å². The maximum atomic E-state index is 6.20. The lowest BCUT2D eigenvalue weighted by Gasteiger charge is -2.16. The molecule has 2 rings (SSSR count). The van der Waals surface area contributed by atoms with Crippen molar-refractivity contribution in [1.82, 2.24) is 4.98 Å². The van der Waals surface area contributed by atoms with Gasteiger partial charge in [0.15, 0.2) is 0 Å².